The molecule has 14 heavy (non-hydrogen) atoms. The molecule has 0 unspecified atom stereocenters. The molecule has 0 aliphatic heterocycles. The molecule has 1 amide bonds. The number of amides is 1. The smallest absolute Gasteiger partial charge is 0.222 e. The van der Waals surface area contributed by atoms with E-state index in [0.717, 1.165) is 26.0 Å². The number of carbonyl (C=O) groups is 1. The minimum Gasteiger partial charge on any atom is -0.381 e. The van der Waals surface area contributed by atoms with Gasteiger partial charge in [0.05, 0.1) is 6.61 Å². The highest BCUT2D eigenvalue weighted by Crippen LogP contribution is 1.96. The quantitative estimate of drug-likeness (QED) is 0.610. The molecule has 0 aliphatic carbocycles. The highest BCUT2D eigenvalue weighted by atomic mass is 16.5. The maximum absolute atomic E-state index is 11.2. The molecule has 0 aromatic heterocycles. The van der Waals surface area contributed by atoms with E-state index in [1.807, 2.05) is 0 Å². The van der Waals surface area contributed by atoms with Crippen molar-refractivity contribution < 1.29 is 9.53 Å². The molecular weight excluding hydrogens is 178 g/mol. The second kappa shape index (κ2) is 9.00. The van der Waals surface area contributed by atoms with E-state index >= 15 is 0 Å². The lowest BCUT2D eigenvalue weighted by atomic mass is 10.1. The first kappa shape index (κ1) is 13.4. The summed E-state index contributed by atoms with van der Waals surface area (Å²) in [5, 5.41) is 2.87. The van der Waals surface area contributed by atoms with Gasteiger partial charge >= 0.3 is 0 Å². The molecule has 1 N–H and O–H groups in total. The van der Waals surface area contributed by atoms with Gasteiger partial charge in [0.1, 0.15) is 0 Å². The first-order chi connectivity index (χ1) is 6.66. The van der Waals surface area contributed by atoms with Crippen LogP contribution in [0, 0.1) is 5.92 Å². The van der Waals surface area contributed by atoms with E-state index in [0.29, 0.717) is 18.9 Å². The van der Waals surface area contributed by atoms with Gasteiger partial charge in [-0.3, -0.25) is 4.79 Å². The number of nitrogens with one attached hydrogen (secondary N) is 1. The molecule has 0 rings (SSSR count). The Balaban J connectivity index is 3.20. The molecule has 3 heteroatoms. The maximum atomic E-state index is 11.2. The van der Waals surface area contributed by atoms with E-state index < -0.39 is 0 Å². The molecular formula is C11H23NO2. The Labute approximate surface area is 87.2 Å². The lowest BCUT2D eigenvalue weighted by molar-refractivity contribution is -0.122. The van der Waals surface area contributed by atoms with E-state index in [1.165, 1.54) is 0 Å². The Bertz CT molecular complexity index is 146. The molecule has 0 aliphatic rings. The van der Waals surface area contributed by atoms with Crippen LogP contribution in [-0.2, 0) is 9.53 Å². The summed E-state index contributed by atoms with van der Waals surface area (Å²) in [6.07, 6.45) is 2.54. The third-order valence-electron chi connectivity index (χ3n) is 1.87. The predicted molar refractivity (Wildman–Crippen MR) is 58.2 cm³/mol. The van der Waals surface area contributed by atoms with Crippen molar-refractivity contribution >= 4 is 5.91 Å². The van der Waals surface area contributed by atoms with Crippen molar-refractivity contribution in [3.05, 3.63) is 0 Å². The van der Waals surface area contributed by atoms with Crippen LogP contribution in [0.2, 0.25) is 0 Å². The predicted octanol–water partition coefficient (Wildman–Crippen LogP) is 1.97. The highest BCUT2D eigenvalue weighted by Gasteiger charge is 2.00. The molecule has 0 aromatic rings. The Morgan fingerprint density at radius 3 is 2.64 bits per heavy atom. The minimum atomic E-state index is 0.0988. The molecule has 3 nitrogen and oxygen atoms in total. The van der Waals surface area contributed by atoms with Gasteiger partial charge in [-0.15, -0.1) is 0 Å². The van der Waals surface area contributed by atoms with Crippen LogP contribution in [0.25, 0.3) is 0 Å². The normalized spacial score (nSPS) is 10.6. The van der Waals surface area contributed by atoms with Gasteiger partial charge in [0.15, 0.2) is 0 Å². The lowest BCUT2D eigenvalue weighted by Crippen LogP contribution is -2.26. The molecule has 0 fully saturated rings. The lowest BCUT2D eigenvalue weighted by Gasteiger charge is -2.07. The zero-order chi connectivity index (χ0) is 10.8. The molecule has 0 spiro atoms. The van der Waals surface area contributed by atoms with Gasteiger partial charge < -0.3 is 10.1 Å². The largest absolute Gasteiger partial charge is 0.381 e. The third kappa shape index (κ3) is 9.52. The number of rotatable bonds is 8. The molecule has 0 atom stereocenters. The first-order valence-corrected chi connectivity index (χ1v) is 5.51. The summed E-state index contributed by atoms with van der Waals surface area (Å²) in [6, 6.07) is 0. The van der Waals surface area contributed by atoms with Gasteiger partial charge in [-0.2, -0.15) is 0 Å². The Morgan fingerprint density at radius 2 is 2.07 bits per heavy atom. The third-order valence-corrected chi connectivity index (χ3v) is 1.87. The summed E-state index contributed by atoms with van der Waals surface area (Å²) >= 11 is 0. The number of ether oxygens (including phenoxy) is 1. The van der Waals surface area contributed by atoms with E-state index in [4.69, 9.17) is 4.74 Å². The van der Waals surface area contributed by atoms with Gasteiger partial charge in [-0.1, -0.05) is 20.8 Å². The summed E-state index contributed by atoms with van der Waals surface area (Å²) in [6.45, 7) is 8.43. The zero-order valence-electron chi connectivity index (χ0n) is 9.64. The standard InChI is InChI=1S/C11H23NO2/c1-4-8-14-9-6-11(13)12-7-5-10(2)3/h10H,4-9H2,1-3H3,(H,12,13). The SMILES string of the molecule is CCCOCCC(=O)NCCC(C)C. The van der Waals surface area contributed by atoms with Crippen LogP contribution in [-0.4, -0.2) is 25.7 Å². The van der Waals surface area contributed by atoms with E-state index in [2.05, 4.69) is 26.1 Å². The zero-order valence-corrected chi connectivity index (χ0v) is 9.64. The van der Waals surface area contributed by atoms with Crippen molar-refractivity contribution in [3.63, 3.8) is 0 Å². The molecule has 0 saturated heterocycles. The van der Waals surface area contributed by atoms with Crippen LogP contribution in [0.4, 0.5) is 0 Å². The maximum Gasteiger partial charge on any atom is 0.222 e. The van der Waals surface area contributed by atoms with Crippen LogP contribution in [0.15, 0.2) is 0 Å². The van der Waals surface area contributed by atoms with Crippen LogP contribution in [0.1, 0.15) is 40.0 Å². The van der Waals surface area contributed by atoms with Crippen molar-refractivity contribution in [1.82, 2.24) is 5.32 Å². The van der Waals surface area contributed by atoms with Gasteiger partial charge in [-0.25, -0.2) is 0 Å². The van der Waals surface area contributed by atoms with Crippen LogP contribution >= 0.6 is 0 Å². The fourth-order valence-electron chi connectivity index (χ4n) is 1.000. The monoisotopic (exact) mass is 201 g/mol. The first-order valence-electron chi connectivity index (χ1n) is 5.51. The molecule has 0 aromatic carbocycles. The summed E-state index contributed by atoms with van der Waals surface area (Å²) in [4.78, 5) is 11.2. The number of hydrogen-bond donors (Lipinski definition) is 1. The topological polar surface area (TPSA) is 38.3 Å². The average Bonchev–Trinajstić information content (AvgIpc) is 2.12. The average molecular weight is 201 g/mol. The van der Waals surface area contributed by atoms with Gasteiger partial charge in [-0.05, 0) is 18.8 Å². The molecule has 84 valence electrons. The van der Waals surface area contributed by atoms with E-state index in [-0.39, 0.29) is 5.91 Å². The second-order valence-electron chi connectivity index (χ2n) is 3.89. The van der Waals surface area contributed by atoms with Crippen LogP contribution in [0.3, 0.4) is 0 Å². The van der Waals surface area contributed by atoms with E-state index in [1.54, 1.807) is 0 Å². The van der Waals surface area contributed by atoms with Gasteiger partial charge in [0.25, 0.3) is 0 Å². The summed E-state index contributed by atoms with van der Waals surface area (Å²) in [5.74, 6) is 0.744. The van der Waals surface area contributed by atoms with Gasteiger partial charge in [0, 0.05) is 19.6 Å². The van der Waals surface area contributed by atoms with Crippen molar-refractivity contribution in [2.45, 2.75) is 40.0 Å². The minimum absolute atomic E-state index is 0.0988. The van der Waals surface area contributed by atoms with Crippen molar-refractivity contribution in [2.24, 2.45) is 5.92 Å². The molecule has 0 radical (unpaired) electrons. The number of hydrogen-bond acceptors (Lipinski definition) is 2. The van der Waals surface area contributed by atoms with Crippen LogP contribution < -0.4 is 5.32 Å². The number of carbonyl (C=O) groups excluding carboxylic acids is 1. The Hall–Kier alpha value is -0.570. The Morgan fingerprint density at radius 1 is 1.36 bits per heavy atom. The van der Waals surface area contributed by atoms with Crippen molar-refractivity contribution in [3.8, 4) is 0 Å². The molecule has 0 bridgehead atoms. The summed E-state index contributed by atoms with van der Waals surface area (Å²) in [7, 11) is 0. The molecule has 0 saturated carbocycles. The fraction of sp³-hybridized carbons (Fsp3) is 0.909. The van der Waals surface area contributed by atoms with Crippen molar-refractivity contribution in [1.29, 1.82) is 0 Å². The Kier molecular flexibility index (Phi) is 8.64. The summed E-state index contributed by atoms with van der Waals surface area (Å²) < 4.78 is 5.22. The highest BCUT2D eigenvalue weighted by molar-refractivity contribution is 5.75. The van der Waals surface area contributed by atoms with E-state index in [9.17, 15) is 4.79 Å². The molecule has 0 heterocycles. The summed E-state index contributed by atoms with van der Waals surface area (Å²) in [5.41, 5.74) is 0. The second-order valence-corrected chi connectivity index (χ2v) is 3.89. The van der Waals surface area contributed by atoms with Gasteiger partial charge in [0.2, 0.25) is 5.91 Å². The van der Waals surface area contributed by atoms with Crippen LogP contribution in [0.5, 0.6) is 0 Å². The van der Waals surface area contributed by atoms with Crippen molar-refractivity contribution in [2.75, 3.05) is 19.8 Å². The fourth-order valence-corrected chi connectivity index (χ4v) is 1.000.